The summed E-state index contributed by atoms with van der Waals surface area (Å²) in [5.41, 5.74) is 10.6. The number of carbonyl (C=O) groups is 1. The molecule has 27 atom stereocenters. The van der Waals surface area contributed by atoms with Gasteiger partial charge in [-0.1, -0.05) is 30.3 Å². The van der Waals surface area contributed by atoms with Crippen LogP contribution in [0, 0.1) is 6.92 Å². The summed E-state index contributed by atoms with van der Waals surface area (Å²) in [5, 5.41) is 259. The van der Waals surface area contributed by atoms with Crippen molar-refractivity contribution in [2.24, 2.45) is 41.4 Å². The van der Waals surface area contributed by atoms with Gasteiger partial charge in [-0.2, -0.15) is 0 Å². The fraction of sp³-hybridized carbons (Fsp3) is 0.417. The molecule has 4 saturated heterocycles. The number of aliphatic hydroxyl groups is 19. The highest BCUT2D eigenvalue weighted by Gasteiger charge is 2.50. The smallest absolute Gasteiger partial charge is 0.335 e. The van der Waals surface area contributed by atoms with Crippen LogP contribution in [0.2, 0.25) is 0 Å². The van der Waals surface area contributed by atoms with Crippen molar-refractivity contribution in [3.63, 3.8) is 0 Å². The molecule has 17 bridgehead atoms. The number of rotatable bonds is 12. The average molecular weight is 1850 g/mol. The minimum Gasteiger partial charge on any atom is -0.508 e. The summed E-state index contributed by atoms with van der Waals surface area (Å²) in [6, 6.07) is 6.67. The molecule has 0 radical (unpaired) electrons. The van der Waals surface area contributed by atoms with Gasteiger partial charge in [0.2, 0.25) is 60.0 Å². The predicted octanol–water partition coefficient (Wildman–Crippen LogP) is 2.15. The lowest BCUT2D eigenvalue weighted by molar-refractivity contribution is -0.277. The summed E-state index contributed by atoms with van der Waals surface area (Å²) in [5.74, 6) is -14.5. The number of hydrogen-bond donors (Lipinski definition) is 24. The second kappa shape index (κ2) is 37.4. The van der Waals surface area contributed by atoms with E-state index in [1.165, 1.54) is 74.5 Å². The fourth-order valence-corrected chi connectivity index (χ4v) is 16.2. The van der Waals surface area contributed by atoms with E-state index in [1.54, 1.807) is 0 Å². The first-order valence-electron chi connectivity index (χ1n) is 39.9. The van der Waals surface area contributed by atoms with E-state index in [2.05, 4.69) is 35.9 Å². The molecule has 44 heteroatoms. The first-order chi connectivity index (χ1) is 61.0. The van der Waals surface area contributed by atoms with Gasteiger partial charge < -0.3 is 181 Å². The number of ether oxygens (including phenoxy) is 12. The van der Waals surface area contributed by atoms with Crippen molar-refractivity contribution in [2.75, 3.05) is 26.9 Å². The molecule has 0 amide bonds. The number of phenols is 3. The van der Waals surface area contributed by atoms with Crippen molar-refractivity contribution in [2.45, 2.75) is 192 Å². The summed E-state index contributed by atoms with van der Waals surface area (Å²) in [6.07, 6.45) is -36.2. The standard InChI is InChI=1S/C84H91BrN8O35/c1-28-46-18-34(19-47(28)122-82-70(107)67(104)64(101)52(25-94)124-82)59-78(113)91-60-35-20-50(119-37-9-4-30(5-10-37)14-42(75(110)89-59)88-76(111)57(87)31-6-12-44(99)48(17-31)121-46)74(128-84-72(109)69(106)66(103)54(27-96)126-84)51(21-35)120-45-13-8-33(16-40(45)85)73(127-55-24-41(86)63(100)29(2)118-55)62-80(115)92-61(81(116)117-3)39-22-36(97)23-49(123-83-71(108)68(105)65(102)53(26-95)125-83)56(39)38-15-32(7-11-43(38)98)58(77(112)93-62)90-79(60)114/h4-13,15-23,29,41-42,52-55,57-73,82-84,94-109H,14,24-27,86-87H2,1-3H3,(H,88,111)(H,89,110)(H,90,114)(H,91,113)(H,92,115)(H,93,112). The van der Waals surface area contributed by atoms with E-state index >= 15 is 0 Å². The number of aromatic hydroxyl groups is 3. The Labute approximate surface area is 732 Å². The van der Waals surface area contributed by atoms with E-state index in [1.807, 2.05) is 0 Å². The van der Waals surface area contributed by atoms with Crippen LogP contribution in [0.25, 0.3) is 11.1 Å². The molecule has 27 unspecified atom stereocenters. The van der Waals surface area contributed by atoms with Crippen LogP contribution in [-0.2, 0) is 39.6 Å². The largest absolute Gasteiger partial charge is 0.508 e. The zero-order valence-corrected chi connectivity index (χ0v) is 69.0. The number of hydrogen-bond acceptors (Lipinski definition) is 37. The molecule has 7 aromatic carbocycles. The Hall–Kier alpha value is -11.3. The van der Waals surface area contributed by atoms with E-state index < -0.39 is 306 Å². The number of benzene rings is 7. The van der Waals surface area contributed by atoms with Crippen LogP contribution < -0.4 is 39.9 Å². The monoisotopic (exact) mass is 1850 g/mol. The van der Waals surface area contributed by atoms with Gasteiger partial charge in [0.1, 0.15) is 132 Å². The van der Waals surface area contributed by atoms with Crippen molar-refractivity contribution in [3.05, 3.63) is 164 Å². The Balaban J connectivity index is 1.05. The van der Waals surface area contributed by atoms with Crippen LogP contribution in [-0.4, -0.2) is 309 Å². The minimum absolute atomic E-state index is 0.0517. The van der Waals surface area contributed by atoms with Crippen molar-refractivity contribution >= 4 is 57.3 Å². The molecule has 0 aliphatic carbocycles. The molecule has 0 spiro atoms. The third-order valence-corrected chi connectivity index (χ3v) is 23.5. The lowest BCUT2D eigenvalue weighted by atomic mass is 9.90. The molecule has 4 fully saturated rings. The van der Waals surface area contributed by atoms with Gasteiger partial charge in [0.15, 0.2) is 59.5 Å². The van der Waals surface area contributed by atoms with Crippen molar-refractivity contribution in [1.82, 2.24) is 0 Å². The third kappa shape index (κ3) is 18.2. The summed E-state index contributed by atoms with van der Waals surface area (Å²) in [4.78, 5) is 42.6. The first-order valence-corrected chi connectivity index (χ1v) is 40.7. The number of aliphatic hydroxyl groups excluding tert-OH is 19. The Morgan fingerprint density at radius 1 is 0.477 bits per heavy atom. The highest BCUT2D eigenvalue weighted by Crippen LogP contribution is 2.52. The van der Waals surface area contributed by atoms with E-state index in [0.717, 1.165) is 61.7 Å². The summed E-state index contributed by atoms with van der Waals surface area (Å²) in [6.45, 7) is -0.0338. The van der Waals surface area contributed by atoms with Crippen LogP contribution in [0.5, 0.6) is 69.0 Å². The number of methoxy groups -OCH3 is 1. The normalized spacial score (nSPS) is 32.5. The number of fused-ring (bicyclic) bond motifs is 12. The molecular formula is C84H91BrN8O35. The highest BCUT2D eigenvalue weighted by molar-refractivity contribution is 9.10. The van der Waals surface area contributed by atoms with Crippen LogP contribution in [0.4, 0.5) is 0 Å². The van der Waals surface area contributed by atoms with Crippen LogP contribution in [0.15, 0.2) is 150 Å². The van der Waals surface area contributed by atoms with Crippen molar-refractivity contribution in [1.29, 1.82) is 0 Å². The van der Waals surface area contributed by atoms with Crippen LogP contribution in [0.3, 0.4) is 0 Å². The summed E-state index contributed by atoms with van der Waals surface area (Å²) >= 11 is 3.60. The second-order valence-electron chi connectivity index (χ2n) is 31.4. The lowest BCUT2D eigenvalue weighted by Crippen LogP contribution is -2.60. The third-order valence-electron chi connectivity index (χ3n) is 22.9. The molecular weight excluding hydrogens is 1760 g/mol. The predicted molar refractivity (Wildman–Crippen MR) is 443 cm³/mol. The molecule has 10 aliphatic rings. The van der Waals surface area contributed by atoms with Gasteiger partial charge in [-0.15, -0.1) is 0 Å². The Kier molecular flexibility index (Phi) is 26.7. The van der Waals surface area contributed by atoms with Gasteiger partial charge in [0.05, 0.1) is 43.6 Å². The number of carbonyl (C=O) groups excluding carboxylic acids is 1. The SMILES string of the molecule is COC(=O)C1N=C(O)C2N=C(O)C(N=C(O)C3N=C(O)C4N=C(O)C(Cc5ccc(cc5)Oc5cc3cc(c5OC3OC(CO)C(O)C(O)C3O)Oc3ccc(cc3Br)C2OC2CC(N)C(O)C(C)O2)N=C(O)C(N)c2ccc(O)c(c2)Oc2cc4cc(OC3OC(CO)C(O)C(O)C3O)c2C)c2ccc(O)c(c2)-c2c(OC3OC(CO)C(O)C(O)C3O)cc(O)cc21. The highest BCUT2D eigenvalue weighted by atomic mass is 79.9. The maximum absolute atomic E-state index is 14.8. The average Bonchev–Trinajstić information content (AvgIpc) is 0.741. The van der Waals surface area contributed by atoms with E-state index in [4.69, 9.17) is 78.3 Å². The molecule has 0 saturated carbocycles. The number of halogens is 1. The molecule has 7 aromatic rings. The van der Waals surface area contributed by atoms with Gasteiger partial charge in [-0.05, 0) is 142 Å². The number of aliphatic imine (C=N–C) groups is 6. The van der Waals surface area contributed by atoms with Crippen LogP contribution in [0.1, 0.15) is 94.2 Å². The fourth-order valence-electron chi connectivity index (χ4n) is 15.7. The molecule has 26 N–H and O–H groups in total. The van der Waals surface area contributed by atoms with Crippen molar-refractivity contribution < 1.29 is 174 Å². The summed E-state index contributed by atoms with van der Waals surface area (Å²) < 4.78 is 74.9. The van der Waals surface area contributed by atoms with Crippen molar-refractivity contribution in [3.8, 4) is 80.1 Å². The van der Waals surface area contributed by atoms with Gasteiger partial charge in [-0.3, -0.25) is 0 Å². The Bertz CT molecular complexity index is 5500. The van der Waals surface area contributed by atoms with Gasteiger partial charge >= 0.3 is 5.97 Å². The molecule has 10 aliphatic heterocycles. The van der Waals surface area contributed by atoms with E-state index in [9.17, 15) is 117 Å². The molecule has 0 aromatic heterocycles. The number of nitrogens with two attached hydrogens (primary N) is 2. The topological polar surface area (TPSA) is 699 Å². The van der Waals surface area contributed by atoms with E-state index in [0.29, 0.717) is 5.56 Å². The van der Waals surface area contributed by atoms with Crippen LogP contribution >= 0.6 is 15.9 Å². The molecule has 128 heavy (non-hydrogen) atoms. The molecule has 10 heterocycles. The minimum atomic E-state index is -2.46. The van der Waals surface area contributed by atoms with Gasteiger partial charge in [-0.25, -0.2) is 34.7 Å². The molecule has 43 nitrogen and oxygen atoms in total. The maximum atomic E-state index is 14.8. The van der Waals surface area contributed by atoms with E-state index in [-0.39, 0.29) is 56.1 Å². The first kappa shape index (κ1) is 91.5. The zero-order valence-electron chi connectivity index (χ0n) is 67.5. The lowest BCUT2D eigenvalue weighted by Gasteiger charge is -2.40. The number of esters is 1. The molecule has 17 rings (SSSR count). The number of nitrogens with zero attached hydrogens (tertiary/aromatic N) is 6. The zero-order chi connectivity index (χ0) is 91.6. The maximum Gasteiger partial charge on any atom is 0.335 e. The molecule has 684 valence electrons. The van der Waals surface area contributed by atoms with Gasteiger partial charge in [0, 0.05) is 47.2 Å². The quantitative estimate of drug-likeness (QED) is 0.0779. The van der Waals surface area contributed by atoms with Gasteiger partial charge in [0.25, 0.3) is 0 Å². The second-order valence-corrected chi connectivity index (χ2v) is 32.3. The Morgan fingerprint density at radius 2 is 1.00 bits per heavy atom. The number of phenolic OH excluding ortho intramolecular Hbond substituents is 3. The Morgan fingerprint density at radius 3 is 1.59 bits per heavy atom. The summed E-state index contributed by atoms with van der Waals surface area (Å²) in [7, 11) is 0.909.